The summed E-state index contributed by atoms with van der Waals surface area (Å²) in [6, 6.07) is 4.21. The fourth-order valence-electron chi connectivity index (χ4n) is 2.67. The van der Waals surface area contributed by atoms with Crippen LogP contribution >= 0.6 is 0 Å². The average Bonchev–Trinajstić information content (AvgIpc) is 2.70. The molecule has 3 amide bonds. The lowest BCUT2D eigenvalue weighted by Gasteiger charge is -2.28. The van der Waals surface area contributed by atoms with E-state index >= 15 is 0 Å². The maximum atomic E-state index is 13.6. The fraction of sp³-hybridized carbons (Fsp3) is 0.368. The summed E-state index contributed by atoms with van der Waals surface area (Å²) in [6.07, 6.45) is 0.428. The maximum Gasteiger partial charge on any atom is 0.338 e. The Morgan fingerprint density at radius 1 is 1.17 bits per heavy atom. The lowest BCUT2D eigenvalue weighted by molar-refractivity contribution is -0.142. The Kier molecular flexibility index (Phi) is 7.70. The van der Waals surface area contributed by atoms with Gasteiger partial charge in [-0.2, -0.15) is 0 Å². The van der Waals surface area contributed by atoms with Crippen LogP contribution < -0.4 is 16.0 Å². The third-order valence-electron chi connectivity index (χ3n) is 4.04. The Hall–Kier alpha value is -3.43. The number of halogens is 1. The Morgan fingerprint density at radius 3 is 2.55 bits per heavy atom. The van der Waals surface area contributed by atoms with E-state index < -0.39 is 48.9 Å². The van der Waals surface area contributed by atoms with Gasteiger partial charge in [0.15, 0.2) is 0 Å². The molecule has 1 aliphatic rings. The number of ether oxygens (including phenoxy) is 2. The molecule has 0 aromatic heterocycles. The number of benzene rings is 1. The molecule has 0 saturated heterocycles. The number of rotatable bonds is 8. The third-order valence-corrected chi connectivity index (χ3v) is 4.04. The van der Waals surface area contributed by atoms with Crippen molar-refractivity contribution < 1.29 is 33.0 Å². The van der Waals surface area contributed by atoms with E-state index in [1.165, 1.54) is 18.2 Å². The number of esters is 2. The molecule has 0 unspecified atom stereocenters. The van der Waals surface area contributed by atoms with Gasteiger partial charge >= 0.3 is 18.0 Å². The van der Waals surface area contributed by atoms with E-state index in [1.54, 1.807) is 13.8 Å². The zero-order valence-corrected chi connectivity index (χ0v) is 16.0. The smallest absolute Gasteiger partial charge is 0.338 e. The van der Waals surface area contributed by atoms with E-state index in [-0.39, 0.29) is 23.4 Å². The van der Waals surface area contributed by atoms with Crippen LogP contribution in [0.2, 0.25) is 0 Å². The van der Waals surface area contributed by atoms with Crippen LogP contribution in [0, 0.1) is 5.82 Å². The first kappa shape index (κ1) is 21.9. The van der Waals surface area contributed by atoms with Crippen LogP contribution in [0.15, 0.2) is 35.5 Å². The minimum Gasteiger partial charge on any atom is -0.463 e. The summed E-state index contributed by atoms with van der Waals surface area (Å²) in [5.41, 5.74) is 0.0639. The highest BCUT2D eigenvalue weighted by Gasteiger charge is 2.32. The summed E-state index contributed by atoms with van der Waals surface area (Å²) >= 11 is 0. The second-order valence-corrected chi connectivity index (χ2v) is 6.00. The Balaban J connectivity index is 2.00. The van der Waals surface area contributed by atoms with E-state index in [0.29, 0.717) is 6.42 Å². The molecular weight excluding hydrogens is 385 g/mol. The zero-order valence-electron chi connectivity index (χ0n) is 16.0. The van der Waals surface area contributed by atoms with Crippen LogP contribution in [0.5, 0.6) is 0 Å². The van der Waals surface area contributed by atoms with Crippen molar-refractivity contribution in [1.29, 1.82) is 0 Å². The van der Waals surface area contributed by atoms with E-state index in [4.69, 9.17) is 9.47 Å². The van der Waals surface area contributed by atoms with Crippen LogP contribution in [0.3, 0.4) is 0 Å². The first-order chi connectivity index (χ1) is 13.9. The molecule has 1 aromatic rings. The molecule has 0 fully saturated rings. The topological polar surface area (TPSA) is 123 Å². The molecule has 1 atom stereocenters. The molecule has 0 saturated carbocycles. The van der Waals surface area contributed by atoms with Crippen molar-refractivity contribution in [2.24, 2.45) is 0 Å². The van der Waals surface area contributed by atoms with Gasteiger partial charge in [0.1, 0.15) is 19.0 Å². The van der Waals surface area contributed by atoms with Crippen molar-refractivity contribution >= 4 is 23.9 Å². The number of hydrogen-bond donors (Lipinski definition) is 3. The van der Waals surface area contributed by atoms with Gasteiger partial charge in [0.05, 0.1) is 29.5 Å². The average molecular weight is 407 g/mol. The summed E-state index contributed by atoms with van der Waals surface area (Å²) in [5, 5.41) is 7.28. The van der Waals surface area contributed by atoms with Gasteiger partial charge in [-0.05, 0) is 25.5 Å². The van der Waals surface area contributed by atoms with Gasteiger partial charge in [-0.1, -0.05) is 19.1 Å². The van der Waals surface area contributed by atoms with Crippen LogP contribution in [0.4, 0.5) is 9.18 Å². The molecule has 10 heteroatoms. The van der Waals surface area contributed by atoms with Crippen LogP contribution in [-0.4, -0.2) is 49.7 Å². The molecule has 156 valence electrons. The maximum absolute atomic E-state index is 13.6. The summed E-state index contributed by atoms with van der Waals surface area (Å²) in [7, 11) is 0. The van der Waals surface area contributed by atoms with Crippen molar-refractivity contribution in [3.05, 3.63) is 46.9 Å². The minimum atomic E-state index is -0.828. The summed E-state index contributed by atoms with van der Waals surface area (Å²) in [5.74, 6) is -2.95. The molecule has 0 radical (unpaired) electrons. The molecule has 29 heavy (non-hydrogen) atoms. The summed E-state index contributed by atoms with van der Waals surface area (Å²) in [6.45, 7) is 2.65. The number of hydrogen-bond acceptors (Lipinski definition) is 6. The highest BCUT2D eigenvalue weighted by Crippen LogP contribution is 2.17. The molecule has 1 aliphatic heterocycles. The van der Waals surface area contributed by atoms with E-state index in [9.17, 15) is 23.6 Å². The van der Waals surface area contributed by atoms with Gasteiger partial charge in [-0.15, -0.1) is 0 Å². The lowest BCUT2D eigenvalue weighted by Crippen LogP contribution is -2.51. The predicted molar refractivity (Wildman–Crippen MR) is 99.1 cm³/mol. The van der Waals surface area contributed by atoms with Crippen molar-refractivity contribution in [2.45, 2.75) is 26.3 Å². The number of amides is 3. The number of carbonyl (C=O) groups is 4. The van der Waals surface area contributed by atoms with Gasteiger partial charge in [0.2, 0.25) is 0 Å². The summed E-state index contributed by atoms with van der Waals surface area (Å²) in [4.78, 5) is 47.9. The highest BCUT2D eigenvalue weighted by atomic mass is 19.1. The number of urea groups is 1. The van der Waals surface area contributed by atoms with Crippen molar-refractivity contribution in [3.63, 3.8) is 0 Å². The Morgan fingerprint density at radius 2 is 1.90 bits per heavy atom. The van der Waals surface area contributed by atoms with E-state index in [0.717, 1.165) is 6.07 Å². The highest BCUT2D eigenvalue weighted by molar-refractivity contribution is 5.96. The van der Waals surface area contributed by atoms with Crippen molar-refractivity contribution in [2.75, 3.05) is 19.8 Å². The SMILES string of the molecule is CCOC(=O)C1=C(COC(=O)CNC(=O)c2ccccc2F)NC(=O)N[C@@H]1CC. The molecule has 0 aliphatic carbocycles. The third kappa shape index (κ3) is 5.77. The molecule has 2 rings (SSSR count). The van der Waals surface area contributed by atoms with Crippen LogP contribution in [-0.2, 0) is 19.1 Å². The molecule has 3 N–H and O–H groups in total. The zero-order chi connectivity index (χ0) is 21.4. The number of nitrogens with one attached hydrogen (secondary N) is 3. The predicted octanol–water partition coefficient (Wildman–Crippen LogP) is 1.01. The lowest BCUT2D eigenvalue weighted by atomic mass is 10.0. The van der Waals surface area contributed by atoms with E-state index in [1.807, 2.05) is 0 Å². The molecular formula is C19H22FN3O6. The van der Waals surface area contributed by atoms with E-state index in [2.05, 4.69) is 16.0 Å². The Bertz CT molecular complexity index is 839. The normalized spacial score (nSPS) is 15.8. The molecule has 0 spiro atoms. The molecule has 9 nitrogen and oxygen atoms in total. The fourth-order valence-corrected chi connectivity index (χ4v) is 2.67. The first-order valence-electron chi connectivity index (χ1n) is 9.03. The van der Waals surface area contributed by atoms with Gasteiger partial charge in [0, 0.05) is 0 Å². The van der Waals surface area contributed by atoms with Gasteiger partial charge in [-0.25, -0.2) is 14.0 Å². The van der Waals surface area contributed by atoms with Crippen molar-refractivity contribution in [1.82, 2.24) is 16.0 Å². The van der Waals surface area contributed by atoms with Gasteiger partial charge in [-0.3, -0.25) is 9.59 Å². The van der Waals surface area contributed by atoms with Crippen molar-refractivity contribution in [3.8, 4) is 0 Å². The monoisotopic (exact) mass is 407 g/mol. The quantitative estimate of drug-likeness (QED) is 0.553. The second-order valence-electron chi connectivity index (χ2n) is 6.00. The number of carbonyl (C=O) groups excluding carboxylic acids is 4. The standard InChI is InChI=1S/C19H22FN3O6/c1-3-13-16(18(26)28-4-2)14(23-19(27)22-13)10-29-15(24)9-21-17(25)11-7-5-6-8-12(11)20/h5-8,13H,3-4,9-10H2,1-2H3,(H,21,25)(H2,22,23,27)/t13-/m1/s1. The van der Waals surface area contributed by atoms with Crippen LogP contribution in [0.25, 0.3) is 0 Å². The molecule has 0 bridgehead atoms. The largest absolute Gasteiger partial charge is 0.463 e. The minimum absolute atomic E-state index is 0.104. The molecule has 1 heterocycles. The summed E-state index contributed by atoms with van der Waals surface area (Å²) < 4.78 is 23.6. The van der Waals surface area contributed by atoms with Crippen LogP contribution in [0.1, 0.15) is 30.6 Å². The van der Waals surface area contributed by atoms with Gasteiger partial charge < -0.3 is 25.4 Å². The molecule has 1 aromatic carbocycles. The first-order valence-corrected chi connectivity index (χ1v) is 9.03. The second kappa shape index (κ2) is 10.2. The Labute approximate surface area is 166 Å². The van der Waals surface area contributed by atoms with Gasteiger partial charge in [0.25, 0.3) is 5.91 Å².